The molecule has 0 heteroatoms. The Morgan fingerprint density at radius 2 is 2.10 bits per heavy atom. The number of hydrogen-bond acceptors (Lipinski definition) is 0. The predicted molar refractivity (Wildman–Crippen MR) is 48.0 cm³/mol. The Hall–Kier alpha value is -0.520. The van der Waals surface area contributed by atoms with Crippen molar-refractivity contribution in [1.29, 1.82) is 0 Å². The zero-order valence-electron chi connectivity index (χ0n) is 7.35. The number of allylic oxidation sites excluding steroid dienone is 3. The second-order valence-electron chi connectivity index (χ2n) is 2.98. The van der Waals surface area contributed by atoms with Gasteiger partial charge in [-0.1, -0.05) is 45.1 Å². The Balaban J connectivity index is 3.43. The Morgan fingerprint density at radius 1 is 1.50 bits per heavy atom. The normalized spacial score (nSPS) is 11.2. The summed E-state index contributed by atoms with van der Waals surface area (Å²) in [6.07, 6.45) is 6.58. The highest BCUT2D eigenvalue weighted by Gasteiger charge is 1.86. The van der Waals surface area contributed by atoms with Crippen LogP contribution in [-0.4, -0.2) is 0 Å². The first kappa shape index (κ1) is 9.48. The van der Waals surface area contributed by atoms with Gasteiger partial charge in [0.15, 0.2) is 0 Å². The maximum Gasteiger partial charge on any atom is -0.0142 e. The largest absolute Gasteiger partial charge is 0.0996 e. The minimum atomic E-state index is 0.671. The smallest absolute Gasteiger partial charge is 0.0142 e. The molecule has 0 heterocycles. The quantitative estimate of drug-likeness (QED) is 0.521. The molecule has 0 aliphatic rings. The molecule has 0 aromatic carbocycles. The zero-order chi connectivity index (χ0) is 7.98. The summed E-state index contributed by atoms with van der Waals surface area (Å²) in [5.41, 5.74) is 1.32. The summed E-state index contributed by atoms with van der Waals surface area (Å²) in [5.74, 6) is 0.671. The van der Waals surface area contributed by atoms with E-state index in [-0.39, 0.29) is 0 Å². The van der Waals surface area contributed by atoms with E-state index >= 15 is 0 Å². The highest BCUT2D eigenvalue weighted by atomic mass is 13.9. The molecule has 0 aromatic heterocycles. The monoisotopic (exact) mass is 138 g/mol. The van der Waals surface area contributed by atoms with E-state index in [2.05, 4.69) is 39.5 Å². The lowest BCUT2D eigenvalue weighted by Gasteiger charge is -1.96. The van der Waals surface area contributed by atoms with Crippen LogP contribution in [0.3, 0.4) is 0 Å². The van der Waals surface area contributed by atoms with Crippen LogP contribution in [0.2, 0.25) is 0 Å². The lowest BCUT2D eigenvalue weighted by atomic mass is 10.1. The van der Waals surface area contributed by atoms with Crippen molar-refractivity contribution in [2.24, 2.45) is 5.92 Å². The van der Waals surface area contributed by atoms with Crippen LogP contribution in [0.25, 0.3) is 0 Å². The molecular weight excluding hydrogens is 120 g/mol. The fourth-order valence-electron chi connectivity index (χ4n) is 0.651. The van der Waals surface area contributed by atoms with E-state index in [1.165, 1.54) is 5.57 Å². The number of rotatable bonds is 4. The van der Waals surface area contributed by atoms with Gasteiger partial charge in [0.25, 0.3) is 0 Å². The molecule has 0 rings (SSSR count). The molecule has 0 unspecified atom stereocenters. The van der Waals surface area contributed by atoms with E-state index in [0.29, 0.717) is 5.92 Å². The fraction of sp³-hybridized carbons (Fsp3) is 0.600. The molecule has 0 spiro atoms. The summed E-state index contributed by atoms with van der Waals surface area (Å²) in [7, 11) is 0. The minimum Gasteiger partial charge on any atom is -0.0996 e. The van der Waals surface area contributed by atoms with Gasteiger partial charge in [0.2, 0.25) is 0 Å². The van der Waals surface area contributed by atoms with Crippen molar-refractivity contribution in [3.8, 4) is 0 Å². The molecule has 0 atom stereocenters. The Bertz CT molecular complexity index is 118. The minimum absolute atomic E-state index is 0.671. The summed E-state index contributed by atoms with van der Waals surface area (Å²) in [6, 6.07) is 0. The van der Waals surface area contributed by atoms with Crippen LogP contribution in [-0.2, 0) is 0 Å². The van der Waals surface area contributed by atoms with Crippen molar-refractivity contribution >= 4 is 0 Å². The van der Waals surface area contributed by atoms with Gasteiger partial charge < -0.3 is 0 Å². The van der Waals surface area contributed by atoms with Gasteiger partial charge in [0.05, 0.1) is 0 Å². The first-order valence-electron chi connectivity index (χ1n) is 4.00. The van der Waals surface area contributed by atoms with Crippen molar-refractivity contribution < 1.29 is 0 Å². The highest BCUT2D eigenvalue weighted by Crippen LogP contribution is 2.04. The molecule has 10 heavy (non-hydrogen) atoms. The van der Waals surface area contributed by atoms with Crippen LogP contribution in [0.1, 0.15) is 33.6 Å². The van der Waals surface area contributed by atoms with E-state index in [0.717, 1.165) is 12.8 Å². The molecule has 0 nitrogen and oxygen atoms in total. The first-order chi connectivity index (χ1) is 4.66. The average Bonchev–Trinajstić information content (AvgIpc) is 1.87. The van der Waals surface area contributed by atoms with Crippen LogP contribution in [0.4, 0.5) is 0 Å². The molecule has 0 aromatic rings. The molecule has 0 N–H and O–H groups in total. The predicted octanol–water partition coefficient (Wildman–Crippen LogP) is 3.55. The molecule has 0 bridgehead atoms. The van der Waals surface area contributed by atoms with E-state index in [1.54, 1.807) is 0 Å². The Labute approximate surface area is 64.6 Å². The summed E-state index contributed by atoms with van der Waals surface area (Å²) >= 11 is 0. The fourth-order valence-corrected chi connectivity index (χ4v) is 0.651. The van der Waals surface area contributed by atoms with E-state index in [9.17, 15) is 0 Å². The van der Waals surface area contributed by atoms with Crippen LogP contribution in [0, 0.1) is 5.92 Å². The average molecular weight is 138 g/mol. The van der Waals surface area contributed by atoms with Crippen LogP contribution in [0.15, 0.2) is 24.3 Å². The third-order valence-electron chi connectivity index (χ3n) is 1.43. The van der Waals surface area contributed by atoms with E-state index < -0.39 is 0 Å². The van der Waals surface area contributed by atoms with Gasteiger partial charge in [-0.2, -0.15) is 0 Å². The van der Waals surface area contributed by atoms with Crippen LogP contribution in [0.5, 0.6) is 0 Å². The SMILES string of the molecule is C=C(CC)CC=CC(C)C. The molecule has 0 aliphatic heterocycles. The standard InChI is InChI=1S/C10H18/c1-5-10(4)8-6-7-9(2)3/h6-7,9H,4-5,8H2,1-3H3. The molecular formula is C10H18. The van der Waals surface area contributed by atoms with Gasteiger partial charge >= 0.3 is 0 Å². The lowest BCUT2D eigenvalue weighted by molar-refractivity contribution is 0.826. The van der Waals surface area contributed by atoms with Gasteiger partial charge in [0, 0.05) is 0 Å². The second kappa shape index (κ2) is 5.28. The number of hydrogen-bond donors (Lipinski definition) is 0. The van der Waals surface area contributed by atoms with Crippen molar-refractivity contribution in [2.75, 3.05) is 0 Å². The summed E-state index contributed by atoms with van der Waals surface area (Å²) in [6.45, 7) is 10.4. The first-order valence-corrected chi connectivity index (χ1v) is 4.00. The summed E-state index contributed by atoms with van der Waals surface area (Å²) < 4.78 is 0. The molecule has 0 saturated heterocycles. The van der Waals surface area contributed by atoms with Crippen LogP contribution >= 0.6 is 0 Å². The second-order valence-corrected chi connectivity index (χ2v) is 2.98. The molecule has 58 valence electrons. The van der Waals surface area contributed by atoms with E-state index in [4.69, 9.17) is 0 Å². The van der Waals surface area contributed by atoms with Crippen LogP contribution < -0.4 is 0 Å². The highest BCUT2D eigenvalue weighted by molar-refractivity contribution is 5.01. The van der Waals surface area contributed by atoms with Crippen molar-refractivity contribution in [1.82, 2.24) is 0 Å². The van der Waals surface area contributed by atoms with Gasteiger partial charge in [0.1, 0.15) is 0 Å². The third-order valence-corrected chi connectivity index (χ3v) is 1.43. The molecule has 0 aliphatic carbocycles. The van der Waals surface area contributed by atoms with E-state index in [1.807, 2.05) is 0 Å². The van der Waals surface area contributed by atoms with Crippen molar-refractivity contribution in [3.05, 3.63) is 24.3 Å². The van der Waals surface area contributed by atoms with Crippen molar-refractivity contribution in [3.63, 3.8) is 0 Å². The molecule has 0 fully saturated rings. The topological polar surface area (TPSA) is 0 Å². The maximum absolute atomic E-state index is 3.92. The van der Waals surface area contributed by atoms with Crippen molar-refractivity contribution in [2.45, 2.75) is 33.6 Å². The summed E-state index contributed by atoms with van der Waals surface area (Å²) in [4.78, 5) is 0. The summed E-state index contributed by atoms with van der Waals surface area (Å²) in [5, 5.41) is 0. The maximum atomic E-state index is 3.92. The Morgan fingerprint density at radius 3 is 2.50 bits per heavy atom. The van der Waals surface area contributed by atoms with Gasteiger partial charge in [-0.25, -0.2) is 0 Å². The Kier molecular flexibility index (Phi) is 5.00. The van der Waals surface area contributed by atoms with Gasteiger partial charge in [-0.3, -0.25) is 0 Å². The zero-order valence-corrected chi connectivity index (χ0v) is 7.35. The lowest BCUT2D eigenvalue weighted by Crippen LogP contribution is -1.78. The molecule has 0 radical (unpaired) electrons. The molecule has 0 saturated carbocycles. The van der Waals surface area contributed by atoms with Gasteiger partial charge in [-0.05, 0) is 18.8 Å². The van der Waals surface area contributed by atoms with Gasteiger partial charge in [-0.15, -0.1) is 0 Å². The third kappa shape index (κ3) is 5.61. The molecule has 0 amide bonds.